The average molecular weight is 674 g/mol. The van der Waals surface area contributed by atoms with E-state index in [2.05, 4.69) is 38.9 Å². The summed E-state index contributed by atoms with van der Waals surface area (Å²) in [5, 5.41) is 9.90. The smallest absolute Gasteiger partial charge is 0.315 e. The average Bonchev–Trinajstić information content (AvgIpc) is 3.44. The minimum Gasteiger partial charge on any atom is -0.351 e. The molecule has 0 atom stereocenters. The lowest BCUT2D eigenvalue weighted by molar-refractivity contribution is 0.201. The van der Waals surface area contributed by atoms with Crippen LogP contribution in [0.3, 0.4) is 0 Å². The van der Waals surface area contributed by atoms with Gasteiger partial charge < -0.3 is 20.9 Å². The van der Waals surface area contributed by atoms with E-state index in [1.165, 1.54) is 28.3 Å². The Balaban J connectivity index is 1.16. The standard InChI is InChI=1S/C36H38Cl2N6OS/c37-31-11-7-28(8-12-31)24-40-23-27-4-2-26(3-5-27)6-9-29-22-30(10-13-33(29)38)35-32-25-43(36(39)45)17-14-34(32)44(41-35)16-1-15-42-18-20-46-21-19-42/h2-5,7-8,10-13,22,40H,1,14-21,23-25H2,(H2,39,45). The highest BCUT2D eigenvalue weighted by Gasteiger charge is 2.27. The quantitative estimate of drug-likeness (QED) is 0.201. The number of nitrogens with zero attached hydrogens (tertiary/aromatic N) is 4. The topological polar surface area (TPSA) is 79.4 Å². The molecule has 10 heteroatoms. The second kappa shape index (κ2) is 15.4. The lowest BCUT2D eigenvalue weighted by Crippen LogP contribution is -2.39. The number of amides is 2. The van der Waals surface area contributed by atoms with Crippen molar-refractivity contribution in [1.82, 2.24) is 24.9 Å². The SMILES string of the molecule is NC(=O)N1CCc2c(c(-c3ccc(Cl)c(C#Cc4ccc(CNCc5ccc(Cl)cc5)cc4)c3)nn2CCCN2CCSCC2)C1. The molecule has 3 heterocycles. The van der Waals surface area contributed by atoms with Crippen LogP contribution in [0.5, 0.6) is 0 Å². The maximum atomic E-state index is 12.1. The van der Waals surface area contributed by atoms with Gasteiger partial charge in [-0.25, -0.2) is 4.79 Å². The third-order valence-electron chi connectivity index (χ3n) is 8.50. The number of hydrogen-bond donors (Lipinski definition) is 2. The van der Waals surface area contributed by atoms with Crippen LogP contribution in [0.15, 0.2) is 66.7 Å². The summed E-state index contributed by atoms with van der Waals surface area (Å²) in [6, 6.07) is 21.6. The molecule has 1 aromatic heterocycles. The fraction of sp³-hybridized carbons (Fsp3) is 0.333. The first kappa shape index (κ1) is 32.5. The summed E-state index contributed by atoms with van der Waals surface area (Å²) in [6.07, 6.45) is 1.77. The molecule has 46 heavy (non-hydrogen) atoms. The fourth-order valence-electron chi connectivity index (χ4n) is 5.93. The number of carbonyl (C=O) groups is 1. The maximum Gasteiger partial charge on any atom is 0.315 e. The van der Waals surface area contributed by atoms with Crippen LogP contribution < -0.4 is 11.1 Å². The second-order valence-electron chi connectivity index (χ2n) is 11.7. The largest absolute Gasteiger partial charge is 0.351 e. The number of fused-ring (bicyclic) bond motifs is 1. The molecule has 2 amide bonds. The minimum absolute atomic E-state index is 0.404. The monoisotopic (exact) mass is 672 g/mol. The summed E-state index contributed by atoms with van der Waals surface area (Å²) in [7, 11) is 0. The third kappa shape index (κ3) is 8.28. The third-order valence-corrected chi connectivity index (χ3v) is 10.0. The lowest BCUT2D eigenvalue weighted by Gasteiger charge is -2.27. The summed E-state index contributed by atoms with van der Waals surface area (Å²) in [5.74, 6) is 8.97. The lowest BCUT2D eigenvalue weighted by atomic mass is 9.99. The Morgan fingerprint density at radius 3 is 2.35 bits per heavy atom. The molecule has 0 aliphatic carbocycles. The normalized spacial score (nSPS) is 14.9. The zero-order valence-electron chi connectivity index (χ0n) is 25.8. The van der Waals surface area contributed by atoms with E-state index < -0.39 is 6.03 Å². The van der Waals surface area contributed by atoms with Crippen molar-refractivity contribution in [1.29, 1.82) is 0 Å². The molecular formula is C36H38Cl2N6OS. The van der Waals surface area contributed by atoms with Gasteiger partial charge in [-0.05, 0) is 60.5 Å². The van der Waals surface area contributed by atoms with Gasteiger partial charge in [0.2, 0.25) is 0 Å². The number of urea groups is 1. The van der Waals surface area contributed by atoms with Gasteiger partial charge in [0.15, 0.2) is 0 Å². The fourth-order valence-corrected chi connectivity index (χ4v) is 7.20. The van der Waals surface area contributed by atoms with Gasteiger partial charge >= 0.3 is 6.03 Å². The van der Waals surface area contributed by atoms with Gasteiger partial charge in [0.1, 0.15) is 0 Å². The molecule has 3 N–H and O–H groups in total. The zero-order chi connectivity index (χ0) is 31.9. The summed E-state index contributed by atoms with van der Waals surface area (Å²) < 4.78 is 2.15. The number of benzene rings is 3. The molecule has 6 rings (SSSR count). The minimum atomic E-state index is -0.404. The molecule has 0 bridgehead atoms. The van der Waals surface area contributed by atoms with Crippen LogP contribution in [0.25, 0.3) is 11.3 Å². The number of rotatable bonds is 9. The van der Waals surface area contributed by atoms with E-state index >= 15 is 0 Å². The van der Waals surface area contributed by atoms with E-state index in [0.717, 1.165) is 85.1 Å². The van der Waals surface area contributed by atoms with Crippen molar-refractivity contribution in [2.45, 2.75) is 39.0 Å². The van der Waals surface area contributed by atoms with Crippen LogP contribution >= 0.6 is 35.0 Å². The van der Waals surface area contributed by atoms with Crippen molar-refractivity contribution in [3.05, 3.63) is 110 Å². The number of aryl methyl sites for hydroxylation is 1. The van der Waals surface area contributed by atoms with Gasteiger partial charge in [0.05, 0.1) is 17.3 Å². The molecule has 0 spiro atoms. The van der Waals surface area contributed by atoms with Crippen molar-refractivity contribution in [3.8, 4) is 23.1 Å². The molecule has 3 aromatic carbocycles. The summed E-state index contributed by atoms with van der Waals surface area (Å²) in [5.41, 5.74) is 13.8. The summed E-state index contributed by atoms with van der Waals surface area (Å²) in [6.45, 7) is 6.80. The highest BCUT2D eigenvalue weighted by atomic mass is 35.5. The highest BCUT2D eigenvalue weighted by molar-refractivity contribution is 7.99. The number of nitrogens with one attached hydrogen (secondary N) is 1. The molecule has 0 unspecified atom stereocenters. The van der Waals surface area contributed by atoms with E-state index in [1.807, 2.05) is 66.4 Å². The first-order valence-corrected chi connectivity index (χ1v) is 17.6. The molecule has 2 aliphatic heterocycles. The molecule has 4 aromatic rings. The van der Waals surface area contributed by atoms with Gasteiger partial charge in [-0.15, -0.1) is 0 Å². The van der Waals surface area contributed by atoms with Crippen molar-refractivity contribution in [2.24, 2.45) is 5.73 Å². The molecule has 7 nitrogen and oxygen atoms in total. The Hall–Kier alpha value is -3.45. The molecule has 2 aliphatic rings. The highest BCUT2D eigenvalue weighted by Crippen LogP contribution is 2.32. The van der Waals surface area contributed by atoms with Crippen molar-refractivity contribution < 1.29 is 4.79 Å². The van der Waals surface area contributed by atoms with Crippen molar-refractivity contribution in [3.63, 3.8) is 0 Å². The van der Waals surface area contributed by atoms with Crippen LogP contribution in [0, 0.1) is 11.8 Å². The Labute approximate surface area is 285 Å². The van der Waals surface area contributed by atoms with Gasteiger partial charge in [-0.1, -0.05) is 65.4 Å². The first-order chi connectivity index (χ1) is 22.4. The number of halogens is 2. The zero-order valence-corrected chi connectivity index (χ0v) is 28.1. The van der Waals surface area contributed by atoms with Crippen LogP contribution in [-0.2, 0) is 32.6 Å². The van der Waals surface area contributed by atoms with Crippen molar-refractivity contribution >= 4 is 41.0 Å². The van der Waals surface area contributed by atoms with E-state index in [0.29, 0.717) is 18.1 Å². The van der Waals surface area contributed by atoms with Crippen LogP contribution in [0.4, 0.5) is 4.79 Å². The van der Waals surface area contributed by atoms with Gasteiger partial charge in [0.25, 0.3) is 0 Å². The summed E-state index contributed by atoms with van der Waals surface area (Å²) in [4.78, 5) is 16.3. The van der Waals surface area contributed by atoms with E-state index in [-0.39, 0.29) is 0 Å². The Bertz CT molecular complexity index is 1720. The number of carbonyl (C=O) groups excluding carboxylic acids is 1. The molecule has 1 saturated heterocycles. The number of primary amides is 1. The molecule has 238 valence electrons. The van der Waals surface area contributed by atoms with Crippen LogP contribution in [0.2, 0.25) is 10.0 Å². The summed E-state index contributed by atoms with van der Waals surface area (Å²) >= 11 is 14.6. The first-order valence-electron chi connectivity index (χ1n) is 15.7. The maximum absolute atomic E-state index is 12.1. The van der Waals surface area contributed by atoms with Gasteiger partial charge in [0, 0.05) is 90.2 Å². The Kier molecular flexibility index (Phi) is 10.9. The number of nitrogens with two attached hydrogens (primary N) is 1. The molecule has 0 radical (unpaired) electrons. The number of thioether (sulfide) groups is 1. The second-order valence-corrected chi connectivity index (χ2v) is 13.8. The number of hydrogen-bond acceptors (Lipinski definition) is 5. The Morgan fingerprint density at radius 2 is 1.63 bits per heavy atom. The molecular weight excluding hydrogens is 635 g/mol. The van der Waals surface area contributed by atoms with E-state index in [9.17, 15) is 4.79 Å². The predicted molar refractivity (Wildman–Crippen MR) is 189 cm³/mol. The predicted octanol–water partition coefficient (Wildman–Crippen LogP) is 6.42. The number of aromatic nitrogens is 2. The Morgan fingerprint density at radius 1 is 0.913 bits per heavy atom. The van der Waals surface area contributed by atoms with Crippen LogP contribution in [0.1, 0.15) is 39.9 Å². The van der Waals surface area contributed by atoms with E-state index in [4.69, 9.17) is 34.0 Å². The van der Waals surface area contributed by atoms with Crippen molar-refractivity contribution in [2.75, 3.05) is 37.7 Å². The van der Waals surface area contributed by atoms with Gasteiger partial charge in [-0.2, -0.15) is 16.9 Å². The molecule has 0 saturated carbocycles. The van der Waals surface area contributed by atoms with E-state index in [1.54, 1.807) is 4.90 Å². The molecule has 1 fully saturated rings. The van der Waals surface area contributed by atoms with Crippen LogP contribution in [-0.4, -0.2) is 63.3 Å². The van der Waals surface area contributed by atoms with Gasteiger partial charge in [-0.3, -0.25) is 4.68 Å².